The van der Waals surface area contributed by atoms with Crippen LogP contribution in [0, 0.1) is 0 Å². The Morgan fingerprint density at radius 3 is 2.58 bits per heavy atom. The van der Waals surface area contributed by atoms with Gasteiger partial charge in [-0.05, 0) is 36.4 Å². The van der Waals surface area contributed by atoms with E-state index in [-0.39, 0.29) is 32.6 Å². The molecule has 1 aliphatic rings. The summed E-state index contributed by atoms with van der Waals surface area (Å²) in [5.74, 6) is -0.0523. The number of aliphatic imine (C=N–C) groups is 1. The minimum absolute atomic E-state index is 0.00372. The molecule has 0 aliphatic carbocycles. The fourth-order valence-corrected chi connectivity index (χ4v) is 4.52. The molecule has 0 atom stereocenters. The van der Waals surface area contributed by atoms with Crippen molar-refractivity contribution in [1.82, 2.24) is 0 Å². The lowest BCUT2D eigenvalue weighted by molar-refractivity contribution is 0.103. The number of carbonyl (C=O) groups excluding carboxylic acids is 1. The second-order valence-electron chi connectivity index (χ2n) is 5.68. The predicted molar refractivity (Wildman–Crippen MR) is 98.8 cm³/mol. The van der Waals surface area contributed by atoms with Crippen molar-refractivity contribution in [1.29, 1.82) is 0 Å². The molecule has 0 fully saturated rings. The Labute approximate surface area is 151 Å². The number of hydrogen-bond donors (Lipinski definition) is 2. The van der Waals surface area contributed by atoms with E-state index in [1.807, 2.05) is 0 Å². The number of rotatable bonds is 4. The van der Waals surface area contributed by atoms with Crippen molar-refractivity contribution in [3.05, 3.63) is 53.1 Å². The molecule has 1 aliphatic heterocycles. The number of nitrogens with zero attached hydrogens (tertiary/aromatic N) is 1. The molecule has 2 aromatic carbocycles. The SMILES string of the molecule is CNc1ccc2c(c1)C(=O)c1ccc(C(=NCCN)OC)cc1S2(=O)=O. The normalized spacial score (nSPS) is 15.2. The summed E-state index contributed by atoms with van der Waals surface area (Å²) in [6.45, 7) is 0.692. The molecular weight excluding hydrogens is 354 g/mol. The van der Waals surface area contributed by atoms with Gasteiger partial charge >= 0.3 is 0 Å². The van der Waals surface area contributed by atoms with Gasteiger partial charge in [0.25, 0.3) is 0 Å². The van der Waals surface area contributed by atoms with Gasteiger partial charge in [-0.2, -0.15) is 0 Å². The average Bonchev–Trinajstić information content (AvgIpc) is 2.66. The second-order valence-corrected chi connectivity index (χ2v) is 7.57. The van der Waals surface area contributed by atoms with Crippen molar-refractivity contribution in [2.45, 2.75) is 9.79 Å². The largest absolute Gasteiger partial charge is 0.481 e. The first kappa shape index (κ1) is 18.1. The van der Waals surface area contributed by atoms with Gasteiger partial charge < -0.3 is 15.8 Å². The molecule has 0 unspecified atom stereocenters. The van der Waals surface area contributed by atoms with Gasteiger partial charge in [-0.3, -0.25) is 4.79 Å². The van der Waals surface area contributed by atoms with Gasteiger partial charge in [0.15, 0.2) is 5.78 Å². The van der Waals surface area contributed by atoms with Crippen molar-refractivity contribution >= 4 is 27.2 Å². The van der Waals surface area contributed by atoms with Gasteiger partial charge in [0.05, 0.1) is 23.4 Å². The van der Waals surface area contributed by atoms with E-state index in [0.717, 1.165) is 0 Å². The molecular formula is C18H19N3O4S. The van der Waals surface area contributed by atoms with Gasteiger partial charge in [-0.1, -0.05) is 0 Å². The third-order valence-corrected chi connectivity index (χ3v) is 5.99. The van der Waals surface area contributed by atoms with Gasteiger partial charge in [0.2, 0.25) is 15.7 Å². The minimum Gasteiger partial charge on any atom is -0.481 e. The number of carbonyl (C=O) groups is 1. The van der Waals surface area contributed by atoms with Gasteiger partial charge in [0.1, 0.15) is 0 Å². The van der Waals surface area contributed by atoms with Crippen LogP contribution in [0.3, 0.4) is 0 Å². The van der Waals surface area contributed by atoms with E-state index in [4.69, 9.17) is 10.5 Å². The van der Waals surface area contributed by atoms with E-state index >= 15 is 0 Å². The van der Waals surface area contributed by atoms with Crippen LogP contribution >= 0.6 is 0 Å². The van der Waals surface area contributed by atoms with Crippen molar-refractivity contribution in [2.75, 3.05) is 32.6 Å². The summed E-state index contributed by atoms with van der Waals surface area (Å²) in [7, 11) is -0.675. The molecule has 0 amide bonds. The Morgan fingerprint density at radius 2 is 1.92 bits per heavy atom. The summed E-state index contributed by atoms with van der Waals surface area (Å²) in [5, 5.41) is 2.91. The lowest BCUT2D eigenvalue weighted by Gasteiger charge is -2.20. The van der Waals surface area contributed by atoms with Crippen LogP contribution in [0.25, 0.3) is 0 Å². The van der Waals surface area contributed by atoms with Crippen LogP contribution in [0.2, 0.25) is 0 Å². The van der Waals surface area contributed by atoms with Crippen molar-refractivity contribution in [3.8, 4) is 0 Å². The molecule has 0 bridgehead atoms. The molecule has 0 aromatic heterocycles. The summed E-state index contributed by atoms with van der Waals surface area (Å²) < 4.78 is 31.3. The topological polar surface area (TPSA) is 111 Å². The van der Waals surface area contributed by atoms with E-state index < -0.39 is 9.84 Å². The molecule has 0 spiro atoms. The molecule has 7 nitrogen and oxygen atoms in total. The Balaban J connectivity index is 2.19. The first-order chi connectivity index (χ1) is 12.4. The van der Waals surface area contributed by atoms with Crippen LogP contribution in [-0.2, 0) is 14.6 Å². The molecule has 2 aromatic rings. The molecule has 0 saturated carbocycles. The molecule has 8 heteroatoms. The summed E-state index contributed by atoms with van der Waals surface area (Å²) in [5.41, 5.74) is 6.91. The van der Waals surface area contributed by atoms with Gasteiger partial charge in [0, 0.05) is 36.0 Å². The number of nitrogens with one attached hydrogen (secondary N) is 1. The zero-order valence-electron chi connectivity index (χ0n) is 14.4. The van der Waals surface area contributed by atoms with E-state index in [1.165, 1.54) is 25.3 Å². The van der Waals surface area contributed by atoms with Crippen LogP contribution < -0.4 is 11.1 Å². The lowest BCUT2D eigenvalue weighted by atomic mass is 10.0. The first-order valence-electron chi connectivity index (χ1n) is 7.98. The van der Waals surface area contributed by atoms with Crippen LogP contribution in [0.1, 0.15) is 21.5 Å². The molecule has 3 N–H and O–H groups in total. The third kappa shape index (κ3) is 2.87. The summed E-state index contributed by atoms with van der Waals surface area (Å²) in [4.78, 5) is 17.0. The number of fused-ring (bicyclic) bond motifs is 2. The Kier molecular flexibility index (Phi) is 4.80. The van der Waals surface area contributed by atoms with Crippen LogP contribution in [-0.4, -0.2) is 47.3 Å². The molecule has 1 heterocycles. The van der Waals surface area contributed by atoms with Crippen molar-refractivity contribution in [3.63, 3.8) is 0 Å². The van der Waals surface area contributed by atoms with Crippen molar-refractivity contribution < 1.29 is 17.9 Å². The van der Waals surface area contributed by atoms with Crippen LogP contribution in [0.15, 0.2) is 51.2 Å². The maximum atomic E-state index is 13.0. The predicted octanol–water partition coefficient (Wildman–Crippen LogP) is 1.46. The summed E-state index contributed by atoms with van der Waals surface area (Å²) in [6.07, 6.45) is 0. The number of nitrogens with two attached hydrogens (primary N) is 1. The Hall–Kier alpha value is -2.71. The van der Waals surface area contributed by atoms with E-state index in [0.29, 0.717) is 24.3 Å². The number of anilines is 1. The highest BCUT2D eigenvalue weighted by molar-refractivity contribution is 7.91. The average molecular weight is 373 g/mol. The lowest BCUT2D eigenvalue weighted by Crippen LogP contribution is -2.21. The molecule has 26 heavy (non-hydrogen) atoms. The standard InChI is InChI=1S/C18H19N3O4S/c1-20-12-4-6-15-14(10-12)17(22)13-5-3-11(9-16(13)26(15,23)24)18(25-2)21-8-7-19/h3-6,9-10,20H,7-8,19H2,1-2H3. The van der Waals surface area contributed by atoms with Crippen LogP contribution in [0.4, 0.5) is 5.69 Å². The van der Waals surface area contributed by atoms with Crippen molar-refractivity contribution in [2.24, 2.45) is 10.7 Å². The zero-order valence-corrected chi connectivity index (χ0v) is 15.3. The van der Waals surface area contributed by atoms with E-state index in [2.05, 4.69) is 10.3 Å². The first-order valence-corrected chi connectivity index (χ1v) is 9.47. The number of sulfone groups is 1. The number of methoxy groups -OCH3 is 1. The smallest absolute Gasteiger partial charge is 0.215 e. The summed E-state index contributed by atoms with van der Waals surface area (Å²) >= 11 is 0. The quantitative estimate of drug-likeness (QED) is 0.529. The van der Waals surface area contributed by atoms with E-state index in [9.17, 15) is 13.2 Å². The fraction of sp³-hybridized carbons (Fsp3) is 0.222. The second kappa shape index (κ2) is 6.89. The maximum absolute atomic E-state index is 13.0. The molecule has 0 radical (unpaired) electrons. The number of ether oxygens (including phenoxy) is 1. The highest BCUT2D eigenvalue weighted by Crippen LogP contribution is 2.36. The number of hydrogen-bond acceptors (Lipinski definition) is 7. The van der Waals surface area contributed by atoms with Crippen LogP contribution in [0.5, 0.6) is 0 Å². The fourth-order valence-electron chi connectivity index (χ4n) is 2.87. The maximum Gasteiger partial charge on any atom is 0.215 e. The molecule has 3 rings (SSSR count). The van der Waals surface area contributed by atoms with Gasteiger partial charge in [-0.25, -0.2) is 13.4 Å². The number of ketones is 1. The Bertz CT molecular complexity index is 1010. The molecule has 0 saturated heterocycles. The van der Waals surface area contributed by atoms with E-state index in [1.54, 1.807) is 25.2 Å². The monoisotopic (exact) mass is 373 g/mol. The Morgan fingerprint density at radius 1 is 1.15 bits per heavy atom. The minimum atomic E-state index is -3.83. The number of benzene rings is 2. The molecule has 136 valence electrons. The highest BCUT2D eigenvalue weighted by atomic mass is 32.2. The highest BCUT2D eigenvalue weighted by Gasteiger charge is 2.35. The van der Waals surface area contributed by atoms with Gasteiger partial charge in [-0.15, -0.1) is 0 Å². The summed E-state index contributed by atoms with van der Waals surface area (Å²) in [6, 6.07) is 9.17. The third-order valence-electron chi connectivity index (χ3n) is 4.14. The zero-order chi connectivity index (χ0) is 18.9.